The van der Waals surface area contributed by atoms with Crippen molar-refractivity contribution >= 4 is 24.4 Å². The first kappa shape index (κ1) is 5.79. The van der Waals surface area contributed by atoms with Crippen LogP contribution in [0.4, 0.5) is 0 Å². The van der Waals surface area contributed by atoms with E-state index in [1.807, 2.05) is 11.8 Å². The quantitative estimate of drug-likeness (QED) is 0.420. The molecule has 42 valence electrons. The smallest absolute Gasteiger partial charge is 0.0775 e. The Balaban J connectivity index is 2.20. The van der Waals surface area contributed by atoms with Gasteiger partial charge >= 0.3 is 0 Å². The first-order chi connectivity index (χ1) is 3.22. The number of hydrogen-bond donors (Lipinski definition) is 1. The molecule has 1 heterocycles. The maximum Gasteiger partial charge on any atom is 0.0775 e. The number of thiol groups is 1. The zero-order valence-electron chi connectivity index (χ0n) is 4.46. The van der Waals surface area contributed by atoms with Gasteiger partial charge in [0.2, 0.25) is 0 Å². The molecule has 1 nitrogen and oxygen atoms in total. The topological polar surface area (TPSA) is 3.24 Å². The van der Waals surface area contributed by atoms with E-state index in [2.05, 4.69) is 31.6 Å². The second-order valence-electron chi connectivity index (χ2n) is 1.88. The van der Waals surface area contributed by atoms with Crippen LogP contribution in [0.2, 0.25) is 0 Å². The molecule has 1 saturated heterocycles. The highest BCUT2D eigenvalue weighted by molar-refractivity contribution is 8.18. The molecular formula is C4H9NS2. The van der Waals surface area contributed by atoms with E-state index in [0.29, 0.717) is 9.96 Å². The Morgan fingerprint density at radius 3 is 2.00 bits per heavy atom. The summed E-state index contributed by atoms with van der Waals surface area (Å²) in [6.07, 6.45) is 0. The fourth-order valence-corrected chi connectivity index (χ4v) is 1.80. The minimum Gasteiger partial charge on any atom is -0.296 e. The zero-order chi connectivity index (χ0) is 5.44. The molecule has 0 aromatic carbocycles. The van der Waals surface area contributed by atoms with E-state index in [-0.39, 0.29) is 0 Å². The van der Waals surface area contributed by atoms with Crippen LogP contribution < -0.4 is 0 Å². The lowest BCUT2D eigenvalue weighted by Crippen LogP contribution is -2.15. The minimum atomic E-state index is 0.579. The van der Waals surface area contributed by atoms with E-state index in [1.54, 1.807) is 0 Å². The van der Waals surface area contributed by atoms with Crippen LogP contribution in [-0.4, -0.2) is 29.0 Å². The second kappa shape index (κ2) is 1.88. The normalized spacial score (nSPS) is 39.4. The molecule has 0 bridgehead atoms. The van der Waals surface area contributed by atoms with Crippen molar-refractivity contribution in [3.05, 3.63) is 0 Å². The van der Waals surface area contributed by atoms with Crippen LogP contribution in [-0.2, 0) is 0 Å². The molecule has 1 aliphatic heterocycles. The van der Waals surface area contributed by atoms with E-state index in [9.17, 15) is 0 Å². The molecule has 0 amide bonds. The molecule has 1 aliphatic rings. The highest BCUT2D eigenvalue weighted by Crippen LogP contribution is 2.44. The van der Waals surface area contributed by atoms with Gasteiger partial charge in [0, 0.05) is 0 Å². The van der Waals surface area contributed by atoms with Crippen LogP contribution >= 0.6 is 24.4 Å². The van der Waals surface area contributed by atoms with Gasteiger partial charge in [0.15, 0.2) is 0 Å². The third-order valence-electron chi connectivity index (χ3n) is 0.955. The number of thioether (sulfide) groups is 1. The first-order valence-electron chi connectivity index (χ1n) is 2.22. The molecule has 0 aromatic heterocycles. The molecule has 1 fully saturated rings. The summed E-state index contributed by atoms with van der Waals surface area (Å²) in [4.78, 5) is 2.18. The highest BCUT2D eigenvalue weighted by atomic mass is 32.2. The standard InChI is InChI=1S/C4H9NS2/c1-5(2)3-4(6)7-3/h3-4,6H,1-2H3/t3-,4?/m1/s1. The summed E-state index contributed by atoms with van der Waals surface area (Å²) in [7, 11) is 4.15. The van der Waals surface area contributed by atoms with Gasteiger partial charge in [0.25, 0.3) is 0 Å². The van der Waals surface area contributed by atoms with Crippen LogP contribution in [0, 0.1) is 0 Å². The fourth-order valence-electron chi connectivity index (χ4n) is 0.474. The summed E-state index contributed by atoms with van der Waals surface area (Å²) in [5.41, 5.74) is 0. The maximum absolute atomic E-state index is 4.23. The monoisotopic (exact) mass is 135 g/mol. The molecule has 1 unspecified atom stereocenters. The van der Waals surface area contributed by atoms with Crippen molar-refractivity contribution in [2.45, 2.75) is 9.96 Å². The Labute approximate surface area is 53.9 Å². The Morgan fingerprint density at radius 2 is 2.00 bits per heavy atom. The van der Waals surface area contributed by atoms with Gasteiger partial charge in [-0.25, -0.2) is 0 Å². The van der Waals surface area contributed by atoms with Crippen molar-refractivity contribution in [3.63, 3.8) is 0 Å². The third kappa shape index (κ3) is 1.27. The minimum absolute atomic E-state index is 0.579. The van der Waals surface area contributed by atoms with E-state index >= 15 is 0 Å². The molecule has 0 N–H and O–H groups in total. The molecular weight excluding hydrogens is 126 g/mol. The van der Waals surface area contributed by atoms with Gasteiger partial charge in [-0.3, -0.25) is 4.90 Å². The number of rotatable bonds is 1. The second-order valence-corrected chi connectivity index (χ2v) is 4.05. The predicted octanol–water partition coefficient (Wildman–Crippen LogP) is 0.877. The lowest BCUT2D eigenvalue weighted by atomic mass is 10.7. The van der Waals surface area contributed by atoms with Crippen LogP contribution in [0.1, 0.15) is 0 Å². The fraction of sp³-hybridized carbons (Fsp3) is 1.00. The molecule has 0 spiro atoms. The maximum atomic E-state index is 4.23. The summed E-state index contributed by atoms with van der Waals surface area (Å²) in [6, 6.07) is 0. The molecule has 0 aliphatic carbocycles. The van der Waals surface area contributed by atoms with Gasteiger partial charge < -0.3 is 0 Å². The molecule has 3 heteroatoms. The van der Waals surface area contributed by atoms with Gasteiger partial charge in [0.05, 0.1) is 9.96 Å². The average molecular weight is 135 g/mol. The average Bonchev–Trinajstić information content (AvgIpc) is 2.17. The first-order valence-corrected chi connectivity index (χ1v) is 3.67. The molecule has 1 rings (SSSR count). The van der Waals surface area contributed by atoms with Gasteiger partial charge in [-0.2, -0.15) is 12.6 Å². The Hall–Kier alpha value is 0.660. The largest absolute Gasteiger partial charge is 0.296 e. The lowest BCUT2D eigenvalue weighted by molar-refractivity contribution is 0.426. The van der Waals surface area contributed by atoms with Gasteiger partial charge in [-0.15, -0.1) is 11.8 Å². The van der Waals surface area contributed by atoms with Gasteiger partial charge in [0.1, 0.15) is 0 Å². The SMILES string of the molecule is CN(C)[C@@H]1SC1S. The third-order valence-corrected chi connectivity index (χ3v) is 3.00. The molecule has 2 atom stereocenters. The lowest BCUT2D eigenvalue weighted by Gasteiger charge is -2.02. The summed E-state index contributed by atoms with van der Waals surface area (Å²) >= 11 is 6.12. The van der Waals surface area contributed by atoms with Crippen LogP contribution in [0.3, 0.4) is 0 Å². The summed E-state index contributed by atoms with van der Waals surface area (Å²) in [5.74, 6) is 0. The molecule has 0 saturated carbocycles. The van der Waals surface area contributed by atoms with Gasteiger partial charge in [-0.05, 0) is 14.1 Å². The predicted molar refractivity (Wildman–Crippen MR) is 37.8 cm³/mol. The summed E-state index contributed by atoms with van der Waals surface area (Å²) in [6.45, 7) is 0. The van der Waals surface area contributed by atoms with E-state index in [4.69, 9.17) is 0 Å². The Morgan fingerprint density at radius 1 is 1.57 bits per heavy atom. The molecule has 0 radical (unpaired) electrons. The number of nitrogens with zero attached hydrogens (tertiary/aromatic N) is 1. The molecule has 0 aromatic rings. The van der Waals surface area contributed by atoms with Crippen LogP contribution in [0.15, 0.2) is 0 Å². The zero-order valence-corrected chi connectivity index (χ0v) is 6.17. The Kier molecular flexibility index (Phi) is 1.55. The van der Waals surface area contributed by atoms with E-state index in [1.165, 1.54) is 0 Å². The van der Waals surface area contributed by atoms with E-state index in [0.717, 1.165) is 0 Å². The van der Waals surface area contributed by atoms with E-state index < -0.39 is 0 Å². The Bertz CT molecular complexity index is 74.1. The van der Waals surface area contributed by atoms with Crippen molar-refractivity contribution in [1.82, 2.24) is 4.90 Å². The van der Waals surface area contributed by atoms with Crippen molar-refractivity contribution in [2.75, 3.05) is 14.1 Å². The molecule has 7 heavy (non-hydrogen) atoms. The summed E-state index contributed by atoms with van der Waals surface area (Å²) in [5, 5.41) is 0.684. The van der Waals surface area contributed by atoms with Gasteiger partial charge in [-0.1, -0.05) is 0 Å². The van der Waals surface area contributed by atoms with Crippen LogP contribution in [0.5, 0.6) is 0 Å². The van der Waals surface area contributed by atoms with Crippen molar-refractivity contribution in [2.24, 2.45) is 0 Å². The summed E-state index contributed by atoms with van der Waals surface area (Å²) < 4.78 is 0.579. The van der Waals surface area contributed by atoms with Crippen molar-refractivity contribution in [3.8, 4) is 0 Å². The van der Waals surface area contributed by atoms with Crippen LogP contribution in [0.25, 0.3) is 0 Å². The van der Waals surface area contributed by atoms with Crippen molar-refractivity contribution in [1.29, 1.82) is 0 Å². The number of hydrogen-bond acceptors (Lipinski definition) is 3. The van der Waals surface area contributed by atoms with Crippen molar-refractivity contribution < 1.29 is 0 Å². The highest BCUT2D eigenvalue weighted by Gasteiger charge is 2.36.